The SMILES string of the molecule is COCCN(Cc1ccco1)C(=O)Cn1c(C)csc1=O. The van der Waals surface area contributed by atoms with Gasteiger partial charge in [0, 0.05) is 24.7 Å². The number of carbonyl (C=O) groups is 1. The van der Waals surface area contributed by atoms with Gasteiger partial charge < -0.3 is 14.1 Å². The van der Waals surface area contributed by atoms with Crippen LogP contribution in [-0.2, 0) is 22.6 Å². The van der Waals surface area contributed by atoms with E-state index in [2.05, 4.69) is 0 Å². The molecule has 0 aromatic carbocycles. The summed E-state index contributed by atoms with van der Waals surface area (Å²) in [5, 5.41) is 1.75. The number of hydrogen-bond acceptors (Lipinski definition) is 5. The summed E-state index contributed by atoms with van der Waals surface area (Å²) in [6, 6.07) is 3.59. The van der Waals surface area contributed by atoms with Crippen molar-refractivity contribution in [3.05, 3.63) is 44.9 Å². The zero-order chi connectivity index (χ0) is 15.2. The number of methoxy groups -OCH3 is 1. The maximum absolute atomic E-state index is 12.4. The summed E-state index contributed by atoms with van der Waals surface area (Å²) < 4.78 is 11.8. The van der Waals surface area contributed by atoms with Gasteiger partial charge in [-0.1, -0.05) is 11.3 Å². The van der Waals surface area contributed by atoms with Gasteiger partial charge in [-0.25, -0.2) is 0 Å². The lowest BCUT2D eigenvalue weighted by atomic mass is 10.3. The lowest BCUT2D eigenvalue weighted by Gasteiger charge is -2.21. The molecule has 114 valence electrons. The first-order valence-electron chi connectivity index (χ1n) is 6.56. The molecule has 2 rings (SSSR count). The standard InChI is InChI=1S/C14H18N2O4S/c1-11-10-21-14(18)16(11)9-13(17)15(5-7-19-2)8-12-4-3-6-20-12/h3-4,6,10H,5,7-9H2,1-2H3. The Kier molecular flexibility index (Phi) is 5.35. The monoisotopic (exact) mass is 310 g/mol. The topological polar surface area (TPSA) is 64.7 Å². The van der Waals surface area contributed by atoms with Crippen molar-refractivity contribution >= 4 is 17.2 Å². The number of aryl methyl sites for hydroxylation is 1. The first-order chi connectivity index (χ1) is 10.1. The molecule has 0 atom stereocenters. The number of aromatic nitrogens is 1. The second-order valence-electron chi connectivity index (χ2n) is 4.62. The van der Waals surface area contributed by atoms with Crippen LogP contribution in [0.3, 0.4) is 0 Å². The van der Waals surface area contributed by atoms with Crippen molar-refractivity contribution in [1.29, 1.82) is 0 Å². The highest BCUT2D eigenvalue weighted by Gasteiger charge is 2.17. The van der Waals surface area contributed by atoms with Crippen LogP contribution in [0.4, 0.5) is 0 Å². The van der Waals surface area contributed by atoms with Gasteiger partial charge in [0.15, 0.2) is 0 Å². The number of ether oxygens (including phenoxy) is 1. The van der Waals surface area contributed by atoms with Crippen molar-refractivity contribution in [2.45, 2.75) is 20.0 Å². The lowest BCUT2D eigenvalue weighted by molar-refractivity contribution is -0.133. The Morgan fingerprint density at radius 2 is 2.33 bits per heavy atom. The molecule has 0 radical (unpaired) electrons. The fourth-order valence-electron chi connectivity index (χ4n) is 1.92. The van der Waals surface area contributed by atoms with E-state index in [1.54, 1.807) is 29.7 Å². The summed E-state index contributed by atoms with van der Waals surface area (Å²) in [4.78, 5) is 25.6. The Morgan fingerprint density at radius 3 is 2.90 bits per heavy atom. The van der Waals surface area contributed by atoms with Gasteiger partial charge in [0.25, 0.3) is 0 Å². The van der Waals surface area contributed by atoms with E-state index in [4.69, 9.17) is 9.15 Å². The number of thiazole rings is 1. The Hall–Kier alpha value is -1.86. The minimum Gasteiger partial charge on any atom is -0.467 e. The molecule has 0 saturated heterocycles. The van der Waals surface area contributed by atoms with Crippen LogP contribution in [0.15, 0.2) is 33.0 Å². The number of amides is 1. The Bertz CT molecular complexity index is 630. The number of furan rings is 1. The van der Waals surface area contributed by atoms with Crippen molar-refractivity contribution in [3.63, 3.8) is 0 Å². The first-order valence-corrected chi connectivity index (χ1v) is 7.44. The first kappa shape index (κ1) is 15.5. The fraction of sp³-hybridized carbons (Fsp3) is 0.429. The van der Waals surface area contributed by atoms with Crippen molar-refractivity contribution in [2.75, 3.05) is 20.3 Å². The summed E-state index contributed by atoms with van der Waals surface area (Å²) >= 11 is 1.10. The van der Waals surface area contributed by atoms with E-state index in [9.17, 15) is 9.59 Å². The molecule has 0 spiro atoms. The lowest BCUT2D eigenvalue weighted by Crippen LogP contribution is -2.37. The predicted octanol–water partition coefficient (Wildman–Crippen LogP) is 1.49. The fourth-order valence-corrected chi connectivity index (χ4v) is 2.65. The molecule has 1 amide bonds. The van der Waals surface area contributed by atoms with Crippen LogP contribution in [0.1, 0.15) is 11.5 Å². The van der Waals surface area contributed by atoms with E-state index >= 15 is 0 Å². The minimum atomic E-state index is -0.132. The quantitative estimate of drug-likeness (QED) is 0.777. The van der Waals surface area contributed by atoms with Gasteiger partial charge in [0.1, 0.15) is 12.3 Å². The third-order valence-electron chi connectivity index (χ3n) is 3.11. The second kappa shape index (κ2) is 7.24. The number of hydrogen-bond donors (Lipinski definition) is 0. The number of rotatable bonds is 7. The van der Waals surface area contributed by atoms with Crippen molar-refractivity contribution in [1.82, 2.24) is 9.47 Å². The molecular formula is C14H18N2O4S. The van der Waals surface area contributed by atoms with E-state index < -0.39 is 0 Å². The Morgan fingerprint density at radius 1 is 1.52 bits per heavy atom. The molecule has 0 fully saturated rings. The zero-order valence-corrected chi connectivity index (χ0v) is 12.9. The van der Waals surface area contributed by atoms with Crippen LogP contribution < -0.4 is 4.87 Å². The summed E-state index contributed by atoms with van der Waals surface area (Å²) in [5.41, 5.74) is 0.794. The van der Waals surface area contributed by atoms with Gasteiger partial charge in [0.2, 0.25) is 5.91 Å². The van der Waals surface area contributed by atoms with Crippen LogP contribution in [0.5, 0.6) is 0 Å². The van der Waals surface area contributed by atoms with Crippen LogP contribution in [0.25, 0.3) is 0 Å². The van der Waals surface area contributed by atoms with Gasteiger partial charge in [-0.05, 0) is 19.1 Å². The third kappa shape index (κ3) is 4.05. The van der Waals surface area contributed by atoms with Crippen LogP contribution in [0, 0.1) is 6.92 Å². The van der Waals surface area contributed by atoms with Crippen molar-refractivity contribution in [2.24, 2.45) is 0 Å². The van der Waals surface area contributed by atoms with E-state index in [0.717, 1.165) is 17.0 Å². The molecule has 0 aliphatic rings. The summed E-state index contributed by atoms with van der Waals surface area (Å²) in [5.74, 6) is 0.570. The smallest absolute Gasteiger partial charge is 0.307 e. The molecule has 2 heterocycles. The van der Waals surface area contributed by atoms with Crippen LogP contribution in [-0.4, -0.2) is 35.6 Å². The second-order valence-corrected chi connectivity index (χ2v) is 5.44. The molecule has 0 bridgehead atoms. The number of nitrogens with zero attached hydrogens (tertiary/aromatic N) is 2. The maximum Gasteiger partial charge on any atom is 0.307 e. The minimum absolute atomic E-state index is 0.0403. The molecule has 6 nitrogen and oxygen atoms in total. The van der Waals surface area contributed by atoms with Gasteiger partial charge in [0.05, 0.1) is 19.4 Å². The average molecular weight is 310 g/mol. The average Bonchev–Trinajstić information content (AvgIpc) is 3.08. The van der Waals surface area contributed by atoms with Gasteiger partial charge >= 0.3 is 4.87 Å². The van der Waals surface area contributed by atoms with E-state index in [0.29, 0.717) is 25.5 Å². The molecule has 0 aliphatic heterocycles. The molecule has 21 heavy (non-hydrogen) atoms. The van der Waals surface area contributed by atoms with Gasteiger partial charge in [-0.2, -0.15) is 0 Å². The zero-order valence-electron chi connectivity index (χ0n) is 12.1. The summed E-state index contributed by atoms with van der Waals surface area (Å²) in [7, 11) is 1.59. The molecular weight excluding hydrogens is 292 g/mol. The van der Waals surface area contributed by atoms with Crippen LogP contribution >= 0.6 is 11.3 Å². The predicted molar refractivity (Wildman–Crippen MR) is 79.3 cm³/mol. The molecule has 7 heteroatoms. The molecule has 0 N–H and O–H groups in total. The molecule has 2 aromatic heterocycles. The van der Waals surface area contributed by atoms with Crippen LogP contribution in [0.2, 0.25) is 0 Å². The maximum atomic E-state index is 12.4. The molecule has 0 unspecified atom stereocenters. The van der Waals surface area contributed by atoms with Gasteiger partial charge in [-0.3, -0.25) is 14.2 Å². The van der Waals surface area contributed by atoms with Crippen molar-refractivity contribution < 1.29 is 13.9 Å². The summed E-state index contributed by atoms with van der Waals surface area (Å²) in [6.07, 6.45) is 1.57. The highest BCUT2D eigenvalue weighted by Crippen LogP contribution is 2.07. The molecule has 0 saturated carbocycles. The highest BCUT2D eigenvalue weighted by molar-refractivity contribution is 7.07. The normalized spacial score (nSPS) is 10.8. The Labute approximate surface area is 126 Å². The van der Waals surface area contributed by atoms with Gasteiger partial charge in [-0.15, -0.1) is 0 Å². The van der Waals surface area contributed by atoms with E-state index in [1.807, 2.05) is 13.0 Å². The van der Waals surface area contributed by atoms with E-state index in [-0.39, 0.29) is 17.3 Å². The third-order valence-corrected chi connectivity index (χ3v) is 4.00. The number of carbonyl (C=O) groups excluding carboxylic acids is 1. The highest BCUT2D eigenvalue weighted by atomic mass is 32.1. The Balaban J connectivity index is 2.08. The molecule has 2 aromatic rings. The van der Waals surface area contributed by atoms with Crippen molar-refractivity contribution in [3.8, 4) is 0 Å². The van der Waals surface area contributed by atoms with E-state index in [1.165, 1.54) is 4.57 Å². The molecule has 0 aliphatic carbocycles. The largest absolute Gasteiger partial charge is 0.467 e. The summed E-state index contributed by atoms with van der Waals surface area (Å²) in [6.45, 7) is 3.11.